The van der Waals surface area contributed by atoms with Gasteiger partial charge in [0.05, 0.1) is 4.47 Å². The molecule has 0 aliphatic carbocycles. The van der Waals surface area contributed by atoms with E-state index < -0.39 is 0 Å². The van der Waals surface area contributed by atoms with Gasteiger partial charge >= 0.3 is 0 Å². The van der Waals surface area contributed by atoms with Crippen LogP contribution in [0.15, 0.2) is 29.0 Å². The Morgan fingerprint density at radius 2 is 2.25 bits per heavy atom. The zero-order valence-corrected chi connectivity index (χ0v) is 13.2. The van der Waals surface area contributed by atoms with Crippen molar-refractivity contribution in [3.05, 3.63) is 46.2 Å². The zero-order chi connectivity index (χ0) is 14.5. The van der Waals surface area contributed by atoms with Crippen LogP contribution in [0.2, 0.25) is 0 Å². The van der Waals surface area contributed by atoms with Crippen LogP contribution in [0, 0.1) is 5.82 Å². The number of hydrogen-bond donors (Lipinski definition) is 1. The molecule has 0 saturated heterocycles. The highest BCUT2D eigenvalue weighted by atomic mass is 79.9. The summed E-state index contributed by atoms with van der Waals surface area (Å²) in [5, 5.41) is 7.44. The predicted molar refractivity (Wildman–Crippen MR) is 79.8 cm³/mol. The van der Waals surface area contributed by atoms with Gasteiger partial charge in [-0.05, 0) is 35.0 Å². The summed E-state index contributed by atoms with van der Waals surface area (Å²) in [6.07, 6.45) is 3.11. The quantitative estimate of drug-likeness (QED) is 0.878. The summed E-state index contributed by atoms with van der Waals surface area (Å²) < 4.78 is 16.5. The summed E-state index contributed by atoms with van der Waals surface area (Å²) in [6.45, 7) is 2.91. The van der Waals surface area contributed by atoms with Crippen molar-refractivity contribution in [3.8, 4) is 0 Å². The maximum Gasteiger partial charge on any atom is 0.142 e. The van der Waals surface area contributed by atoms with Gasteiger partial charge in [-0.1, -0.05) is 19.1 Å². The van der Waals surface area contributed by atoms with E-state index in [9.17, 15) is 4.39 Å². The Labute approximate surface area is 126 Å². The van der Waals surface area contributed by atoms with Crippen LogP contribution in [0.25, 0.3) is 0 Å². The largest absolute Gasteiger partial charge is 0.309 e. The number of aryl methyl sites for hydroxylation is 1. The average Bonchev–Trinajstić information content (AvgIpc) is 2.83. The van der Waals surface area contributed by atoms with E-state index in [4.69, 9.17) is 0 Å². The highest BCUT2D eigenvalue weighted by molar-refractivity contribution is 9.10. The van der Waals surface area contributed by atoms with Crippen LogP contribution in [-0.2, 0) is 13.5 Å². The normalized spacial score (nSPS) is 12.6. The van der Waals surface area contributed by atoms with E-state index >= 15 is 0 Å². The Morgan fingerprint density at radius 1 is 1.45 bits per heavy atom. The van der Waals surface area contributed by atoms with Gasteiger partial charge in [0.25, 0.3) is 0 Å². The third kappa shape index (κ3) is 3.43. The highest BCUT2D eigenvalue weighted by Gasteiger charge is 2.19. The number of nitrogens with zero attached hydrogens (tertiary/aromatic N) is 3. The summed E-state index contributed by atoms with van der Waals surface area (Å²) >= 11 is 3.24. The van der Waals surface area contributed by atoms with Gasteiger partial charge in [0.15, 0.2) is 0 Å². The number of benzene rings is 1. The highest BCUT2D eigenvalue weighted by Crippen LogP contribution is 2.25. The number of rotatable bonds is 6. The SMILES string of the molecule is CCCNC(Cc1ncnn1C)c1cccc(Br)c1F. The van der Waals surface area contributed by atoms with E-state index in [2.05, 4.69) is 38.3 Å². The second-order valence-electron chi connectivity index (χ2n) is 4.65. The van der Waals surface area contributed by atoms with Gasteiger partial charge in [-0.15, -0.1) is 0 Å². The Bertz CT molecular complexity index is 570. The maximum atomic E-state index is 14.3. The lowest BCUT2D eigenvalue weighted by atomic mass is 10.0. The van der Waals surface area contributed by atoms with Crippen LogP contribution in [0.3, 0.4) is 0 Å². The van der Waals surface area contributed by atoms with Crippen molar-refractivity contribution in [2.75, 3.05) is 6.54 Å². The maximum absolute atomic E-state index is 14.3. The van der Waals surface area contributed by atoms with Gasteiger partial charge in [-0.25, -0.2) is 9.37 Å². The van der Waals surface area contributed by atoms with Crippen LogP contribution < -0.4 is 5.32 Å². The monoisotopic (exact) mass is 340 g/mol. The van der Waals surface area contributed by atoms with E-state index in [0.29, 0.717) is 16.5 Å². The minimum absolute atomic E-state index is 0.115. The molecule has 0 amide bonds. The molecule has 1 atom stereocenters. The lowest BCUT2D eigenvalue weighted by Crippen LogP contribution is -2.26. The third-order valence-corrected chi connectivity index (χ3v) is 3.80. The van der Waals surface area contributed by atoms with E-state index in [1.165, 1.54) is 6.33 Å². The fourth-order valence-electron chi connectivity index (χ4n) is 2.09. The molecular formula is C14H18BrFN4. The fourth-order valence-corrected chi connectivity index (χ4v) is 2.47. The third-order valence-electron chi connectivity index (χ3n) is 3.19. The Morgan fingerprint density at radius 3 is 2.90 bits per heavy atom. The molecular weight excluding hydrogens is 323 g/mol. The van der Waals surface area contributed by atoms with Crippen LogP contribution >= 0.6 is 15.9 Å². The minimum atomic E-state index is -0.219. The molecule has 0 radical (unpaired) electrons. The molecule has 0 spiro atoms. The van der Waals surface area contributed by atoms with E-state index in [0.717, 1.165) is 18.8 Å². The van der Waals surface area contributed by atoms with Crippen molar-refractivity contribution in [3.63, 3.8) is 0 Å². The lowest BCUT2D eigenvalue weighted by Gasteiger charge is -2.19. The van der Waals surface area contributed by atoms with Crippen molar-refractivity contribution in [1.29, 1.82) is 0 Å². The van der Waals surface area contributed by atoms with Crippen molar-refractivity contribution >= 4 is 15.9 Å². The van der Waals surface area contributed by atoms with E-state index in [1.54, 1.807) is 10.7 Å². The van der Waals surface area contributed by atoms with Crippen LogP contribution in [0.1, 0.15) is 30.8 Å². The molecule has 2 aromatic rings. The molecule has 1 aromatic heterocycles. The van der Waals surface area contributed by atoms with Crippen molar-refractivity contribution in [2.24, 2.45) is 7.05 Å². The average molecular weight is 341 g/mol. The molecule has 1 aromatic carbocycles. The molecule has 4 nitrogen and oxygen atoms in total. The molecule has 1 N–H and O–H groups in total. The first kappa shape index (κ1) is 15.1. The standard InChI is InChI=1S/C14H18BrFN4/c1-3-7-17-12(8-13-18-9-19-20(13)2)10-5-4-6-11(15)14(10)16/h4-6,9,12,17H,3,7-8H2,1-2H3. The van der Waals surface area contributed by atoms with Gasteiger partial charge in [0.1, 0.15) is 18.0 Å². The molecule has 6 heteroatoms. The number of halogens is 2. The zero-order valence-electron chi connectivity index (χ0n) is 11.6. The molecule has 0 aliphatic heterocycles. The number of nitrogens with one attached hydrogen (secondary N) is 1. The van der Waals surface area contributed by atoms with Crippen molar-refractivity contribution < 1.29 is 4.39 Å². The molecule has 0 saturated carbocycles. The molecule has 2 rings (SSSR count). The second kappa shape index (κ2) is 6.95. The molecule has 20 heavy (non-hydrogen) atoms. The smallest absolute Gasteiger partial charge is 0.142 e. The second-order valence-corrected chi connectivity index (χ2v) is 5.51. The van der Waals surface area contributed by atoms with Gasteiger partial charge in [-0.3, -0.25) is 4.68 Å². The molecule has 0 bridgehead atoms. The molecule has 0 aliphatic rings. The Kier molecular flexibility index (Phi) is 5.25. The molecule has 0 fully saturated rings. The summed E-state index contributed by atoms with van der Waals surface area (Å²) in [6, 6.07) is 5.25. The summed E-state index contributed by atoms with van der Waals surface area (Å²) in [5.41, 5.74) is 0.649. The first-order valence-corrected chi connectivity index (χ1v) is 7.43. The van der Waals surface area contributed by atoms with Crippen molar-refractivity contribution in [1.82, 2.24) is 20.1 Å². The summed E-state index contributed by atoms with van der Waals surface area (Å²) in [5.74, 6) is 0.612. The topological polar surface area (TPSA) is 42.7 Å². The first-order valence-electron chi connectivity index (χ1n) is 6.63. The molecule has 1 unspecified atom stereocenters. The molecule has 108 valence electrons. The van der Waals surface area contributed by atoms with Gasteiger partial charge in [0, 0.05) is 25.1 Å². The van der Waals surface area contributed by atoms with Gasteiger partial charge < -0.3 is 5.32 Å². The van der Waals surface area contributed by atoms with Crippen molar-refractivity contribution in [2.45, 2.75) is 25.8 Å². The van der Waals surface area contributed by atoms with E-state index in [-0.39, 0.29) is 11.9 Å². The van der Waals surface area contributed by atoms with Crippen LogP contribution in [0.4, 0.5) is 4.39 Å². The Hall–Kier alpha value is -1.27. The van der Waals surface area contributed by atoms with Gasteiger partial charge in [-0.2, -0.15) is 5.10 Å². The summed E-state index contributed by atoms with van der Waals surface area (Å²) in [4.78, 5) is 4.22. The van der Waals surface area contributed by atoms with Crippen LogP contribution in [-0.4, -0.2) is 21.3 Å². The minimum Gasteiger partial charge on any atom is -0.309 e. The summed E-state index contributed by atoms with van der Waals surface area (Å²) in [7, 11) is 1.84. The first-order chi connectivity index (χ1) is 9.63. The van der Waals surface area contributed by atoms with Gasteiger partial charge in [0.2, 0.25) is 0 Å². The Balaban J connectivity index is 2.27. The number of hydrogen-bond acceptors (Lipinski definition) is 3. The van der Waals surface area contributed by atoms with Crippen LogP contribution in [0.5, 0.6) is 0 Å². The van der Waals surface area contributed by atoms with E-state index in [1.807, 2.05) is 19.2 Å². The fraction of sp³-hybridized carbons (Fsp3) is 0.429. The predicted octanol–water partition coefficient (Wildman–Crippen LogP) is 3.00. The lowest BCUT2D eigenvalue weighted by molar-refractivity contribution is 0.479. The molecule has 1 heterocycles. The number of aromatic nitrogens is 3.